The monoisotopic (exact) mass is 500 g/mol. The van der Waals surface area contributed by atoms with Crippen LogP contribution in [0.5, 0.6) is 5.75 Å². The number of fused-ring (bicyclic) bond motifs is 1. The zero-order valence-corrected chi connectivity index (χ0v) is 19.9. The molecule has 1 saturated carbocycles. The van der Waals surface area contributed by atoms with E-state index in [2.05, 4.69) is 16.8 Å². The van der Waals surface area contributed by atoms with Gasteiger partial charge in [-0.3, -0.25) is 9.69 Å². The average Bonchev–Trinajstić information content (AvgIpc) is 2.83. The van der Waals surface area contributed by atoms with Crippen LogP contribution in [0.4, 0.5) is 13.2 Å². The number of alkyl halides is 3. The number of aliphatic hydroxyl groups is 1. The fourth-order valence-electron chi connectivity index (χ4n) is 5.80. The Balaban J connectivity index is 1.53. The SMILES string of the molecule is C=CCN1CCC2(c3cccc(O)c3)CC(NC(=O)/C=C/c3cccc(C(F)(F)F)c3)CC(O)C2C1. The number of piperidine rings is 1. The smallest absolute Gasteiger partial charge is 0.416 e. The van der Waals surface area contributed by atoms with Crippen molar-refractivity contribution in [2.24, 2.45) is 5.92 Å². The Morgan fingerprint density at radius 2 is 2.00 bits per heavy atom. The van der Waals surface area contributed by atoms with Gasteiger partial charge in [-0.25, -0.2) is 0 Å². The highest BCUT2D eigenvalue weighted by Gasteiger charge is 2.52. The number of nitrogens with one attached hydrogen (secondary N) is 1. The van der Waals surface area contributed by atoms with Crippen molar-refractivity contribution in [3.63, 3.8) is 0 Å². The number of nitrogens with zero attached hydrogens (tertiary/aromatic N) is 1. The number of rotatable bonds is 6. The molecule has 1 heterocycles. The molecule has 0 bridgehead atoms. The molecule has 2 aromatic rings. The van der Waals surface area contributed by atoms with Crippen molar-refractivity contribution in [3.05, 3.63) is 84.0 Å². The minimum absolute atomic E-state index is 0.0817. The van der Waals surface area contributed by atoms with Crippen LogP contribution in [-0.2, 0) is 16.4 Å². The number of carbonyl (C=O) groups excluding carboxylic acids is 1. The lowest BCUT2D eigenvalue weighted by molar-refractivity contribution is -0.137. The minimum atomic E-state index is -4.46. The Bertz CT molecular complexity index is 1130. The molecule has 8 heteroatoms. The van der Waals surface area contributed by atoms with Gasteiger partial charge in [-0.2, -0.15) is 13.2 Å². The van der Waals surface area contributed by atoms with E-state index in [9.17, 15) is 28.2 Å². The predicted octanol–water partition coefficient (Wildman–Crippen LogP) is 4.51. The van der Waals surface area contributed by atoms with Gasteiger partial charge in [0.05, 0.1) is 11.7 Å². The van der Waals surface area contributed by atoms with Crippen LogP contribution in [0, 0.1) is 5.92 Å². The quantitative estimate of drug-likeness (QED) is 0.403. The summed E-state index contributed by atoms with van der Waals surface area (Å²) in [5.74, 6) is -0.362. The highest BCUT2D eigenvalue weighted by molar-refractivity contribution is 5.92. The van der Waals surface area contributed by atoms with Crippen molar-refractivity contribution in [1.82, 2.24) is 10.2 Å². The molecule has 4 unspecified atom stereocenters. The summed E-state index contributed by atoms with van der Waals surface area (Å²) in [5, 5.41) is 24.3. The van der Waals surface area contributed by atoms with Gasteiger partial charge in [0.2, 0.25) is 5.91 Å². The summed E-state index contributed by atoms with van der Waals surface area (Å²) < 4.78 is 38.9. The maximum atomic E-state index is 13.0. The van der Waals surface area contributed by atoms with Crippen molar-refractivity contribution >= 4 is 12.0 Å². The second-order valence-corrected chi connectivity index (χ2v) is 9.78. The molecular formula is C28H31F3N2O3. The van der Waals surface area contributed by atoms with Gasteiger partial charge in [0.1, 0.15) is 5.75 Å². The molecule has 1 saturated heterocycles. The lowest BCUT2D eigenvalue weighted by Crippen LogP contribution is -2.60. The van der Waals surface area contributed by atoms with Crippen LogP contribution in [0.1, 0.15) is 36.0 Å². The number of amides is 1. The molecule has 1 aliphatic heterocycles. The number of benzene rings is 2. The molecule has 3 N–H and O–H groups in total. The molecule has 2 aliphatic rings. The molecule has 1 amide bonds. The number of phenols is 1. The van der Waals surface area contributed by atoms with Gasteiger partial charge in [-0.05, 0) is 67.3 Å². The van der Waals surface area contributed by atoms with Crippen molar-refractivity contribution in [1.29, 1.82) is 0 Å². The molecule has 0 aromatic heterocycles. The Labute approximate surface area is 208 Å². The molecule has 2 aromatic carbocycles. The van der Waals surface area contributed by atoms with Crippen molar-refractivity contribution in [2.75, 3.05) is 19.6 Å². The highest BCUT2D eigenvalue weighted by Crippen LogP contribution is 2.49. The molecule has 4 rings (SSSR count). The van der Waals surface area contributed by atoms with Crippen LogP contribution in [0.15, 0.2) is 67.3 Å². The predicted molar refractivity (Wildman–Crippen MR) is 132 cm³/mol. The first-order chi connectivity index (χ1) is 17.1. The van der Waals surface area contributed by atoms with Gasteiger partial charge in [0.25, 0.3) is 0 Å². The third-order valence-electron chi connectivity index (χ3n) is 7.44. The van der Waals surface area contributed by atoms with Gasteiger partial charge in [0, 0.05) is 36.5 Å². The maximum absolute atomic E-state index is 13.0. The third-order valence-corrected chi connectivity index (χ3v) is 7.44. The van der Waals surface area contributed by atoms with Crippen LogP contribution in [0.25, 0.3) is 6.08 Å². The zero-order valence-electron chi connectivity index (χ0n) is 19.9. The first-order valence-corrected chi connectivity index (χ1v) is 12.1. The van der Waals surface area contributed by atoms with Crippen molar-refractivity contribution < 1.29 is 28.2 Å². The number of aromatic hydroxyl groups is 1. The topological polar surface area (TPSA) is 72.8 Å². The maximum Gasteiger partial charge on any atom is 0.416 e. The van der Waals surface area contributed by atoms with E-state index in [1.54, 1.807) is 18.2 Å². The van der Waals surface area contributed by atoms with Crippen LogP contribution < -0.4 is 5.32 Å². The van der Waals surface area contributed by atoms with E-state index in [4.69, 9.17) is 0 Å². The van der Waals surface area contributed by atoms with Crippen LogP contribution in [-0.4, -0.2) is 52.8 Å². The van der Waals surface area contributed by atoms with E-state index in [0.717, 1.165) is 37.2 Å². The second-order valence-electron chi connectivity index (χ2n) is 9.78. The highest BCUT2D eigenvalue weighted by atomic mass is 19.4. The van der Waals surface area contributed by atoms with Crippen LogP contribution in [0.2, 0.25) is 0 Å². The van der Waals surface area contributed by atoms with E-state index in [-0.39, 0.29) is 23.3 Å². The molecule has 5 nitrogen and oxygen atoms in total. The normalized spacial score (nSPS) is 26.9. The first-order valence-electron chi connectivity index (χ1n) is 12.1. The largest absolute Gasteiger partial charge is 0.508 e. The average molecular weight is 501 g/mol. The second kappa shape index (κ2) is 10.5. The standard InChI is InChI=1S/C28H31F3N2O3/c1-2-12-33-13-11-27(20-6-4-8-23(34)15-20)17-22(16-25(35)24(27)18-33)32-26(36)10-9-19-5-3-7-21(14-19)28(29,30)31/h2-10,14-15,22,24-25,34-35H,1,11-13,16-18H2,(H,32,36)/b10-9+. The first kappa shape index (κ1) is 26.0. The van der Waals surface area contributed by atoms with Gasteiger partial charge < -0.3 is 15.5 Å². The number of phenolic OH excluding ortho intramolecular Hbond substituents is 1. The van der Waals surface area contributed by atoms with Gasteiger partial charge in [-0.15, -0.1) is 6.58 Å². The Hall–Kier alpha value is -3.10. The van der Waals surface area contributed by atoms with Crippen LogP contribution in [0.3, 0.4) is 0 Å². The number of hydrogen-bond donors (Lipinski definition) is 3. The summed E-state index contributed by atoms with van der Waals surface area (Å²) in [6.07, 6.45) is 0.996. The minimum Gasteiger partial charge on any atom is -0.508 e. The molecule has 2 fully saturated rings. The molecule has 1 aliphatic carbocycles. The van der Waals surface area contributed by atoms with E-state index < -0.39 is 29.2 Å². The van der Waals surface area contributed by atoms with Gasteiger partial charge >= 0.3 is 6.18 Å². The Kier molecular flexibility index (Phi) is 7.57. The van der Waals surface area contributed by atoms with E-state index in [1.165, 1.54) is 24.3 Å². The summed E-state index contributed by atoms with van der Waals surface area (Å²) in [7, 11) is 0. The number of halogens is 3. The molecule has 0 spiro atoms. The Morgan fingerprint density at radius 3 is 2.72 bits per heavy atom. The zero-order chi connectivity index (χ0) is 25.9. The molecule has 0 radical (unpaired) electrons. The van der Waals surface area contributed by atoms with Gasteiger partial charge in [0.15, 0.2) is 0 Å². The fraction of sp³-hybridized carbons (Fsp3) is 0.393. The summed E-state index contributed by atoms with van der Waals surface area (Å²) >= 11 is 0. The molecule has 36 heavy (non-hydrogen) atoms. The molecule has 192 valence electrons. The van der Waals surface area contributed by atoms with E-state index in [0.29, 0.717) is 19.4 Å². The summed E-state index contributed by atoms with van der Waals surface area (Å²) in [5.41, 5.74) is -0.00305. The van der Waals surface area contributed by atoms with Crippen LogP contribution >= 0.6 is 0 Å². The summed E-state index contributed by atoms with van der Waals surface area (Å²) in [6.45, 7) is 6.01. The number of hydrogen-bond acceptors (Lipinski definition) is 4. The van der Waals surface area contributed by atoms with Crippen molar-refractivity contribution in [2.45, 2.75) is 43.0 Å². The molecular weight excluding hydrogens is 469 g/mol. The number of likely N-dealkylation sites (tertiary alicyclic amines) is 1. The molecule has 4 atom stereocenters. The van der Waals surface area contributed by atoms with Crippen molar-refractivity contribution in [3.8, 4) is 5.75 Å². The summed E-state index contributed by atoms with van der Waals surface area (Å²) in [4.78, 5) is 15.0. The van der Waals surface area contributed by atoms with E-state index >= 15 is 0 Å². The third kappa shape index (κ3) is 5.65. The fourth-order valence-corrected chi connectivity index (χ4v) is 5.80. The number of aliphatic hydroxyl groups excluding tert-OH is 1. The summed E-state index contributed by atoms with van der Waals surface area (Å²) in [6, 6.07) is 11.5. The lowest BCUT2D eigenvalue weighted by atomic mass is 9.57. The lowest BCUT2D eigenvalue weighted by Gasteiger charge is -2.54. The Morgan fingerprint density at radius 1 is 1.22 bits per heavy atom. The van der Waals surface area contributed by atoms with E-state index in [1.807, 2.05) is 12.1 Å². The number of carbonyl (C=O) groups is 1. The van der Waals surface area contributed by atoms with Gasteiger partial charge in [-0.1, -0.05) is 30.3 Å².